The van der Waals surface area contributed by atoms with E-state index in [1.165, 1.54) is 0 Å². The Kier molecular flexibility index (Phi) is 4.31. The molecule has 1 aliphatic rings. The monoisotopic (exact) mass is 457 g/mol. The van der Waals surface area contributed by atoms with Gasteiger partial charge < -0.3 is 5.32 Å². The molecule has 0 fully saturated rings. The van der Waals surface area contributed by atoms with Gasteiger partial charge in [-0.1, -0.05) is 34.1 Å². The van der Waals surface area contributed by atoms with Crippen LogP contribution in [0.1, 0.15) is 22.1 Å². The van der Waals surface area contributed by atoms with E-state index in [1.54, 1.807) is 17.3 Å². The normalized spacial score (nSPS) is 16.0. The van der Waals surface area contributed by atoms with E-state index >= 15 is 0 Å². The first-order chi connectivity index (χ1) is 12.1. The van der Waals surface area contributed by atoms with E-state index < -0.39 is 0 Å². The van der Waals surface area contributed by atoms with Gasteiger partial charge in [0.2, 0.25) is 0 Å². The number of halogens is 2. The van der Waals surface area contributed by atoms with Crippen LogP contribution in [0.3, 0.4) is 0 Å². The molecule has 0 aliphatic carbocycles. The molecule has 2 aromatic carbocycles. The lowest BCUT2D eigenvalue weighted by Gasteiger charge is -2.27. The fourth-order valence-electron chi connectivity index (χ4n) is 2.98. The van der Waals surface area contributed by atoms with Gasteiger partial charge in [0.15, 0.2) is 0 Å². The molecule has 0 saturated heterocycles. The summed E-state index contributed by atoms with van der Waals surface area (Å²) in [4.78, 5) is 18.9. The number of anilines is 2. The van der Waals surface area contributed by atoms with Crippen LogP contribution < -0.4 is 10.2 Å². The van der Waals surface area contributed by atoms with E-state index in [0.717, 1.165) is 25.9 Å². The van der Waals surface area contributed by atoms with Crippen molar-refractivity contribution >= 4 is 49.1 Å². The first-order valence-electron chi connectivity index (χ1n) is 7.69. The van der Waals surface area contributed by atoms with Gasteiger partial charge in [-0.25, -0.2) is 0 Å². The Bertz CT molecular complexity index is 946. The molecular weight excluding hydrogens is 446 g/mol. The summed E-state index contributed by atoms with van der Waals surface area (Å²) in [5.74, 6) is -0.0330. The van der Waals surface area contributed by atoms with Gasteiger partial charge in [-0.15, -0.1) is 0 Å². The first-order valence-corrected chi connectivity index (χ1v) is 9.28. The Morgan fingerprint density at radius 3 is 2.64 bits per heavy atom. The highest BCUT2D eigenvalue weighted by Crippen LogP contribution is 2.39. The number of hydrogen-bond acceptors (Lipinski definition) is 3. The average Bonchev–Trinajstić information content (AvgIpc) is 2.91. The van der Waals surface area contributed by atoms with Crippen LogP contribution in [0.15, 0.2) is 75.9 Å². The number of aromatic nitrogens is 1. The second-order valence-corrected chi connectivity index (χ2v) is 7.41. The van der Waals surface area contributed by atoms with Gasteiger partial charge in [-0.2, -0.15) is 0 Å². The first kappa shape index (κ1) is 16.3. The number of nitrogens with zero attached hydrogens (tertiary/aromatic N) is 2. The lowest BCUT2D eigenvalue weighted by atomic mass is 10.1. The maximum Gasteiger partial charge on any atom is 0.260 e. The Morgan fingerprint density at radius 2 is 1.88 bits per heavy atom. The molecule has 6 heteroatoms. The summed E-state index contributed by atoms with van der Waals surface area (Å²) in [5.41, 5.74) is 3.32. The highest BCUT2D eigenvalue weighted by atomic mass is 79.9. The van der Waals surface area contributed by atoms with Gasteiger partial charge in [0.25, 0.3) is 5.91 Å². The van der Waals surface area contributed by atoms with Crippen molar-refractivity contribution < 1.29 is 4.79 Å². The van der Waals surface area contributed by atoms with E-state index in [9.17, 15) is 4.79 Å². The highest BCUT2D eigenvalue weighted by molar-refractivity contribution is 9.11. The summed E-state index contributed by atoms with van der Waals surface area (Å²) in [6.07, 6.45) is 3.10. The molecule has 1 aromatic heterocycles. The van der Waals surface area contributed by atoms with Gasteiger partial charge in [0, 0.05) is 26.3 Å². The van der Waals surface area contributed by atoms with Crippen molar-refractivity contribution in [2.45, 2.75) is 6.17 Å². The van der Waals surface area contributed by atoms with Gasteiger partial charge in [-0.3, -0.25) is 14.7 Å². The summed E-state index contributed by atoms with van der Waals surface area (Å²) < 4.78 is 1.90. The number of amides is 1. The molecule has 4 rings (SSSR count). The SMILES string of the molecule is O=C1c2ccccc2[C@@H](Nc2ccc(Br)cc2Br)N1c1cccnc1. The molecule has 0 radical (unpaired) electrons. The van der Waals surface area contributed by atoms with Gasteiger partial charge in [-0.05, 0) is 52.3 Å². The minimum absolute atomic E-state index is 0.0330. The Labute approximate surface area is 162 Å². The van der Waals surface area contributed by atoms with E-state index in [-0.39, 0.29) is 12.1 Å². The van der Waals surface area contributed by atoms with Crippen LogP contribution in [-0.2, 0) is 0 Å². The van der Waals surface area contributed by atoms with Crippen molar-refractivity contribution in [1.82, 2.24) is 4.98 Å². The molecule has 1 atom stereocenters. The number of hydrogen-bond donors (Lipinski definition) is 1. The lowest BCUT2D eigenvalue weighted by molar-refractivity contribution is 0.0993. The van der Waals surface area contributed by atoms with Crippen LogP contribution in [0.4, 0.5) is 11.4 Å². The zero-order chi connectivity index (χ0) is 17.4. The lowest BCUT2D eigenvalue weighted by Crippen LogP contribution is -2.32. The standard InChI is InChI=1S/C19H13Br2N3O/c20-12-7-8-17(16(21)10-12)23-18-14-5-1-2-6-15(14)19(25)24(18)13-4-3-9-22-11-13/h1-11,18,23H/t18-/m0/s1. The van der Waals surface area contributed by atoms with Crippen molar-refractivity contribution in [3.63, 3.8) is 0 Å². The third-order valence-electron chi connectivity index (χ3n) is 4.11. The number of benzene rings is 2. The molecule has 0 bridgehead atoms. The fourth-order valence-corrected chi connectivity index (χ4v) is 4.14. The largest absolute Gasteiger partial charge is 0.360 e. The molecule has 1 amide bonds. The molecule has 0 unspecified atom stereocenters. The third-order valence-corrected chi connectivity index (χ3v) is 5.26. The molecule has 0 spiro atoms. The van der Waals surface area contributed by atoms with E-state index in [4.69, 9.17) is 0 Å². The molecule has 25 heavy (non-hydrogen) atoms. The third kappa shape index (κ3) is 2.96. The zero-order valence-corrected chi connectivity index (χ0v) is 16.2. The van der Waals surface area contributed by atoms with Crippen LogP contribution in [-0.4, -0.2) is 10.9 Å². The van der Waals surface area contributed by atoms with E-state index in [2.05, 4.69) is 42.2 Å². The number of carbonyl (C=O) groups is 1. The van der Waals surface area contributed by atoms with Gasteiger partial charge in [0.05, 0.1) is 17.6 Å². The van der Waals surface area contributed by atoms with Gasteiger partial charge in [0.1, 0.15) is 6.17 Å². The van der Waals surface area contributed by atoms with Crippen LogP contribution >= 0.6 is 31.9 Å². The maximum absolute atomic E-state index is 13.0. The van der Waals surface area contributed by atoms with E-state index in [1.807, 2.05) is 54.6 Å². The Morgan fingerprint density at radius 1 is 1.04 bits per heavy atom. The van der Waals surface area contributed by atoms with Gasteiger partial charge >= 0.3 is 0 Å². The topological polar surface area (TPSA) is 45.2 Å². The molecule has 1 N–H and O–H groups in total. The minimum Gasteiger partial charge on any atom is -0.360 e. The Hall–Kier alpha value is -2.18. The molecule has 1 aliphatic heterocycles. The van der Waals surface area contributed by atoms with Crippen LogP contribution in [0.5, 0.6) is 0 Å². The number of carbonyl (C=O) groups excluding carboxylic acids is 1. The quantitative estimate of drug-likeness (QED) is 0.573. The smallest absolute Gasteiger partial charge is 0.260 e. The average molecular weight is 459 g/mol. The molecule has 0 saturated carbocycles. The number of fused-ring (bicyclic) bond motifs is 1. The number of nitrogens with one attached hydrogen (secondary N) is 1. The van der Waals surface area contributed by atoms with Crippen LogP contribution in [0, 0.1) is 0 Å². The molecule has 2 heterocycles. The van der Waals surface area contributed by atoms with Crippen molar-refractivity contribution in [1.29, 1.82) is 0 Å². The predicted molar refractivity (Wildman–Crippen MR) is 106 cm³/mol. The molecule has 4 nitrogen and oxygen atoms in total. The second kappa shape index (κ2) is 6.61. The zero-order valence-electron chi connectivity index (χ0n) is 13.0. The van der Waals surface area contributed by atoms with Crippen LogP contribution in [0.2, 0.25) is 0 Å². The number of rotatable bonds is 3. The number of pyridine rings is 1. The summed E-state index contributed by atoms with van der Waals surface area (Å²) >= 11 is 7.04. The predicted octanol–water partition coefficient (Wildman–Crippen LogP) is 5.38. The van der Waals surface area contributed by atoms with Crippen LogP contribution in [0.25, 0.3) is 0 Å². The van der Waals surface area contributed by atoms with Crippen molar-refractivity contribution in [3.8, 4) is 0 Å². The summed E-state index contributed by atoms with van der Waals surface area (Å²) in [6, 6.07) is 17.3. The van der Waals surface area contributed by atoms with E-state index in [0.29, 0.717) is 5.56 Å². The molecule has 124 valence electrons. The highest BCUT2D eigenvalue weighted by Gasteiger charge is 2.37. The summed E-state index contributed by atoms with van der Waals surface area (Å²) in [7, 11) is 0. The fraction of sp³-hybridized carbons (Fsp3) is 0.0526. The van der Waals surface area contributed by atoms with Crippen molar-refractivity contribution in [2.24, 2.45) is 0 Å². The second-order valence-electron chi connectivity index (χ2n) is 5.64. The minimum atomic E-state index is -0.301. The summed E-state index contributed by atoms with van der Waals surface area (Å²) in [6.45, 7) is 0. The Balaban J connectivity index is 1.80. The van der Waals surface area contributed by atoms with Crippen molar-refractivity contribution in [3.05, 3.63) is 87.1 Å². The maximum atomic E-state index is 13.0. The summed E-state index contributed by atoms with van der Waals surface area (Å²) in [5, 5.41) is 3.48. The van der Waals surface area contributed by atoms with Crippen molar-refractivity contribution in [2.75, 3.05) is 10.2 Å². The molecular formula is C19H13Br2N3O. The molecule has 3 aromatic rings.